The van der Waals surface area contributed by atoms with Gasteiger partial charge in [0.1, 0.15) is 0 Å². The average Bonchev–Trinajstić information content (AvgIpc) is 2.63. The smallest absolute Gasteiger partial charge is 0.0162 e. The molecule has 0 N–H and O–H groups in total. The lowest BCUT2D eigenvalue weighted by molar-refractivity contribution is 0.360. The fraction of sp³-hybridized carbons (Fsp3) is 0.750. The van der Waals surface area contributed by atoms with Gasteiger partial charge in [0.2, 0.25) is 0 Å². The van der Waals surface area contributed by atoms with Gasteiger partial charge in [-0.25, -0.2) is 0 Å². The SMILES string of the molecule is C/C=C/CN(C)C1CC1. The second-order valence-electron chi connectivity index (χ2n) is 2.74. The molecule has 9 heavy (non-hydrogen) atoms. The van der Waals surface area contributed by atoms with Crippen molar-refractivity contribution in [3.63, 3.8) is 0 Å². The molecule has 0 aromatic heterocycles. The van der Waals surface area contributed by atoms with Gasteiger partial charge in [0.25, 0.3) is 0 Å². The molecule has 0 heterocycles. The van der Waals surface area contributed by atoms with Gasteiger partial charge in [0.05, 0.1) is 0 Å². The van der Waals surface area contributed by atoms with E-state index in [-0.39, 0.29) is 0 Å². The zero-order chi connectivity index (χ0) is 6.69. The van der Waals surface area contributed by atoms with Crippen LogP contribution in [0.3, 0.4) is 0 Å². The minimum absolute atomic E-state index is 0.904. The first-order valence-electron chi connectivity index (χ1n) is 3.66. The van der Waals surface area contributed by atoms with E-state index in [4.69, 9.17) is 0 Å². The van der Waals surface area contributed by atoms with Crippen LogP contribution < -0.4 is 0 Å². The molecule has 52 valence electrons. The summed E-state index contributed by atoms with van der Waals surface area (Å²) in [4.78, 5) is 2.40. The van der Waals surface area contributed by atoms with Crippen LogP contribution in [0.2, 0.25) is 0 Å². The molecule has 0 radical (unpaired) electrons. The Bertz CT molecular complexity index is 103. The van der Waals surface area contributed by atoms with E-state index in [1.165, 1.54) is 12.8 Å². The molecule has 1 fully saturated rings. The highest BCUT2D eigenvalue weighted by molar-refractivity contribution is 4.88. The molecule has 1 heteroatoms. The molecule has 1 aliphatic rings. The second kappa shape index (κ2) is 3.02. The summed E-state index contributed by atoms with van der Waals surface area (Å²) in [5, 5.41) is 0. The number of rotatable bonds is 3. The van der Waals surface area contributed by atoms with Crippen LogP contribution >= 0.6 is 0 Å². The Morgan fingerprint density at radius 2 is 2.22 bits per heavy atom. The molecule has 0 aromatic rings. The first-order valence-corrected chi connectivity index (χ1v) is 3.66. The molecule has 0 aliphatic heterocycles. The minimum Gasteiger partial charge on any atom is -0.300 e. The van der Waals surface area contributed by atoms with E-state index in [9.17, 15) is 0 Å². The third-order valence-corrected chi connectivity index (χ3v) is 1.80. The van der Waals surface area contributed by atoms with Gasteiger partial charge < -0.3 is 0 Å². The molecular weight excluding hydrogens is 110 g/mol. The van der Waals surface area contributed by atoms with Gasteiger partial charge >= 0.3 is 0 Å². The maximum atomic E-state index is 2.40. The Kier molecular flexibility index (Phi) is 2.29. The van der Waals surface area contributed by atoms with Crippen LogP contribution in [0.25, 0.3) is 0 Å². The Hall–Kier alpha value is -0.300. The van der Waals surface area contributed by atoms with Gasteiger partial charge in [-0.1, -0.05) is 12.2 Å². The molecule has 1 rings (SSSR count). The number of allylic oxidation sites excluding steroid dienone is 1. The van der Waals surface area contributed by atoms with E-state index in [2.05, 4.69) is 31.0 Å². The summed E-state index contributed by atoms with van der Waals surface area (Å²) in [5.41, 5.74) is 0. The summed E-state index contributed by atoms with van der Waals surface area (Å²) >= 11 is 0. The lowest BCUT2D eigenvalue weighted by Gasteiger charge is -2.11. The van der Waals surface area contributed by atoms with Gasteiger partial charge in [0.15, 0.2) is 0 Å². The zero-order valence-corrected chi connectivity index (χ0v) is 6.30. The second-order valence-corrected chi connectivity index (χ2v) is 2.74. The van der Waals surface area contributed by atoms with Crippen molar-refractivity contribution in [2.75, 3.05) is 13.6 Å². The third-order valence-electron chi connectivity index (χ3n) is 1.80. The summed E-state index contributed by atoms with van der Waals surface area (Å²) in [6.07, 6.45) is 7.14. The highest BCUT2D eigenvalue weighted by Gasteiger charge is 2.24. The summed E-state index contributed by atoms with van der Waals surface area (Å²) in [5.74, 6) is 0. The maximum absolute atomic E-state index is 2.40. The monoisotopic (exact) mass is 125 g/mol. The zero-order valence-electron chi connectivity index (χ0n) is 6.30. The third kappa shape index (κ3) is 2.19. The standard InChI is InChI=1S/C8H15N/c1-3-4-7-9(2)8-5-6-8/h3-4,8H,5-7H2,1-2H3/b4-3+. The number of hydrogen-bond donors (Lipinski definition) is 0. The van der Waals surface area contributed by atoms with Crippen LogP contribution in [-0.4, -0.2) is 24.5 Å². The molecule has 1 nitrogen and oxygen atoms in total. The predicted molar refractivity (Wildman–Crippen MR) is 40.5 cm³/mol. The summed E-state index contributed by atoms with van der Waals surface area (Å²) < 4.78 is 0. The van der Waals surface area contributed by atoms with E-state index in [0.29, 0.717) is 0 Å². The molecule has 1 aliphatic carbocycles. The fourth-order valence-electron chi connectivity index (χ4n) is 0.936. The molecule has 0 saturated heterocycles. The van der Waals surface area contributed by atoms with Crippen LogP contribution in [0.4, 0.5) is 0 Å². The summed E-state index contributed by atoms with van der Waals surface area (Å²) in [6, 6.07) is 0.904. The Labute approximate surface area is 57.4 Å². The van der Waals surface area contributed by atoms with Crippen LogP contribution in [0.15, 0.2) is 12.2 Å². The first-order chi connectivity index (χ1) is 4.34. The molecule has 0 unspecified atom stereocenters. The Morgan fingerprint density at radius 3 is 2.67 bits per heavy atom. The van der Waals surface area contributed by atoms with E-state index >= 15 is 0 Å². The highest BCUT2D eigenvalue weighted by Crippen LogP contribution is 2.24. The molecule has 0 atom stereocenters. The minimum atomic E-state index is 0.904. The summed E-state index contributed by atoms with van der Waals surface area (Å²) in [6.45, 7) is 3.20. The van der Waals surface area contributed by atoms with Crippen molar-refractivity contribution in [1.82, 2.24) is 4.90 Å². The van der Waals surface area contributed by atoms with Crippen molar-refractivity contribution < 1.29 is 0 Å². The van der Waals surface area contributed by atoms with Crippen molar-refractivity contribution >= 4 is 0 Å². The van der Waals surface area contributed by atoms with Crippen LogP contribution in [0, 0.1) is 0 Å². The lowest BCUT2D eigenvalue weighted by Crippen LogP contribution is -2.20. The molecule has 1 saturated carbocycles. The van der Waals surface area contributed by atoms with E-state index < -0.39 is 0 Å². The topological polar surface area (TPSA) is 3.24 Å². The average molecular weight is 125 g/mol. The van der Waals surface area contributed by atoms with Crippen LogP contribution in [0.1, 0.15) is 19.8 Å². The molecule has 0 amide bonds. The van der Waals surface area contributed by atoms with Crippen LogP contribution in [-0.2, 0) is 0 Å². The van der Waals surface area contributed by atoms with Gasteiger partial charge in [0, 0.05) is 12.6 Å². The summed E-state index contributed by atoms with van der Waals surface area (Å²) in [7, 11) is 2.19. The van der Waals surface area contributed by atoms with Gasteiger partial charge in [-0.05, 0) is 26.8 Å². The number of hydrogen-bond acceptors (Lipinski definition) is 1. The van der Waals surface area contributed by atoms with Gasteiger partial charge in [-0.2, -0.15) is 0 Å². The normalized spacial score (nSPS) is 19.9. The quantitative estimate of drug-likeness (QED) is 0.518. The number of likely N-dealkylation sites (N-methyl/N-ethyl adjacent to an activating group) is 1. The van der Waals surface area contributed by atoms with Crippen LogP contribution in [0.5, 0.6) is 0 Å². The molecule has 0 spiro atoms. The first kappa shape index (κ1) is 6.81. The van der Waals surface area contributed by atoms with Crippen molar-refractivity contribution in [3.05, 3.63) is 12.2 Å². The highest BCUT2D eigenvalue weighted by atomic mass is 15.1. The largest absolute Gasteiger partial charge is 0.300 e. The molecular formula is C8H15N. The van der Waals surface area contributed by atoms with E-state index in [1.54, 1.807) is 0 Å². The van der Waals surface area contributed by atoms with E-state index in [0.717, 1.165) is 12.6 Å². The van der Waals surface area contributed by atoms with Gasteiger partial charge in [-0.15, -0.1) is 0 Å². The predicted octanol–water partition coefficient (Wildman–Crippen LogP) is 1.66. The number of nitrogens with zero attached hydrogens (tertiary/aromatic N) is 1. The fourth-order valence-corrected chi connectivity index (χ4v) is 0.936. The Balaban J connectivity index is 2.10. The van der Waals surface area contributed by atoms with Crippen molar-refractivity contribution in [2.24, 2.45) is 0 Å². The van der Waals surface area contributed by atoms with Crippen molar-refractivity contribution in [2.45, 2.75) is 25.8 Å². The Morgan fingerprint density at radius 1 is 1.56 bits per heavy atom. The lowest BCUT2D eigenvalue weighted by atomic mass is 10.4. The van der Waals surface area contributed by atoms with E-state index in [1.807, 2.05) is 0 Å². The molecule has 0 bridgehead atoms. The van der Waals surface area contributed by atoms with Gasteiger partial charge in [-0.3, -0.25) is 4.90 Å². The van der Waals surface area contributed by atoms with Crippen molar-refractivity contribution in [3.8, 4) is 0 Å². The molecule has 0 aromatic carbocycles. The maximum Gasteiger partial charge on any atom is 0.0162 e. The van der Waals surface area contributed by atoms with Crippen molar-refractivity contribution in [1.29, 1.82) is 0 Å².